The molecule has 1 heterocycles. The average Bonchev–Trinajstić information content (AvgIpc) is 3.17. The van der Waals surface area contributed by atoms with Gasteiger partial charge in [0.1, 0.15) is 0 Å². The normalized spacial score (nSPS) is 15.5. The molecule has 1 saturated carbocycles. The van der Waals surface area contributed by atoms with Gasteiger partial charge in [-0.15, -0.1) is 0 Å². The van der Waals surface area contributed by atoms with Gasteiger partial charge in [0.25, 0.3) is 0 Å². The Hall–Kier alpha value is -1.81. The Balaban J connectivity index is 1.34. The molecule has 0 saturated heterocycles. The van der Waals surface area contributed by atoms with Crippen molar-refractivity contribution in [3.8, 4) is 0 Å². The van der Waals surface area contributed by atoms with E-state index in [4.69, 9.17) is 0 Å². The van der Waals surface area contributed by atoms with Gasteiger partial charge in [0.15, 0.2) is 0 Å². The van der Waals surface area contributed by atoms with Gasteiger partial charge in [-0.1, -0.05) is 31.0 Å². The lowest BCUT2D eigenvalue weighted by atomic mass is 10.1. The summed E-state index contributed by atoms with van der Waals surface area (Å²) in [6.45, 7) is 1.65. The van der Waals surface area contributed by atoms with Gasteiger partial charge in [-0.3, -0.25) is 4.79 Å². The number of amides is 1. The van der Waals surface area contributed by atoms with Gasteiger partial charge >= 0.3 is 0 Å². The molecule has 1 aromatic carbocycles. The molecule has 1 aliphatic carbocycles. The number of benzene rings is 1. The Labute approximate surface area is 131 Å². The van der Waals surface area contributed by atoms with Crippen LogP contribution in [-0.2, 0) is 11.2 Å². The van der Waals surface area contributed by atoms with Gasteiger partial charge in [0.05, 0.1) is 0 Å². The van der Waals surface area contributed by atoms with E-state index in [9.17, 15) is 4.79 Å². The van der Waals surface area contributed by atoms with Crippen molar-refractivity contribution >= 4 is 16.8 Å². The third-order valence-corrected chi connectivity index (χ3v) is 4.50. The second-order valence-corrected chi connectivity index (χ2v) is 6.16. The number of rotatable bonds is 7. The molecular formula is C18H25N3O. The lowest BCUT2D eigenvalue weighted by Crippen LogP contribution is -2.34. The van der Waals surface area contributed by atoms with Crippen LogP contribution in [0.3, 0.4) is 0 Å². The molecule has 0 aliphatic heterocycles. The highest BCUT2D eigenvalue weighted by Crippen LogP contribution is 2.18. The second-order valence-electron chi connectivity index (χ2n) is 6.16. The molecule has 0 bridgehead atoms. The minimum absolute atomic E-state index is 0.187. The molecule has 0 spiro atoms. The molecule has 2 aromatic rings. The summed E-state index contributed by atoms with van der Waals surface area (Å²) in [4.78, 5) is 15.1. The fourth-order valence-corrected chi connectivity index (χ4v) is 3.26. The van der Waals surface area contributed by atoms with Crippen LogP contribution in [0.4, 0.5) is 0 Å². The Morgan fingerprint density at radius 3 is 2.86 bits per heavy atom. The van der Waals surface area contributed by atoms with Crippen molar-refractivity contribution in [3.63, 3.8) is 0 Å². The summed E-state index contributed by atoms with van der Waals surface area (Å²) in [5.41, 5.74) is 2.52. The predicted molar refractivity (Wildman–Crippen MR) is 89.9 cm³/mol. The van der Waals surface area contributed by atoms with Crippen molar-refractivity contribution in [1.29, 1.82) is 0 Å². The molecule has 4 heteroatoms. The lowest BCUT2D eigenvalue weighted by molar-refractivity contribution is -0.121. The molecule has 1 aromatic heterocycles. The smallest absolute Gasteiger partial charge is 0.221 e. The zero-order valence-corrected chi connectivity index (χ0v) is 13.0. The first kappa shape index (κ1) is 15.1. The van der Waals surface area contributed by atoms with Gasteiger partial charge in [0.2, 0.25) is 5.91 Å². The predicted octanol–water partition coefficient (Wildman–Crippen LogP) is 2.75. The van der Waals surface area contributed by atoms with E-state index in [-0.39, 0.29) is 5.91 Å². The third kappa shape index (κ3) is 3.89. The Morgan fingerprint density at radius 1 is 1.18 bits per heavy atom. The lowest BCUT2D eigenvalue weighted by Gasteiger charge is -2.11. The Morgan fingerprint density at radius 2 is 2.00 bits per heavy atom. The van der Waals surface area contributed by atoms with Crippen LogP contribution in [0, 0.1) is 0 Å². The van der Waals surface area contributed by atoms with Crippen LogP contribution in [0.5, 0.6) is 0 Å². The van der Waals surface area contributed by atoms with Crippen LogP contribution in [0.25, 0.3) is 10.9 Å². The molecule has 0 radical (unpaired) electrons. The van der Waals surface area contributed by atoms with Crippen molar-refractivity contribution in [2.45, 2.75) is 44.6 Å². The van der Waals surface area contributed by atoms with Crippen molar-refractivity contribution in [1.82, 2.24) is 15.6 Å². The number of hydrogen-bond donors (Lipinski definition) is 3. The largest absolute Gasteiger partial charge is 0.361 e. The third-order valence-electron chi connectivity index (χ3n) is 4.50. The zero-order valence-electron chi connectivity index (χ0n) is 13.0. The van der Waals surface area contributed by atoms with Crippen molar-refractivity contribution < 1.29 is 4.79 Å². The van der Waals surface area contributed by atoms with E-state index in [2.05, 4.69) is 40.0 Å². The van der Waals surface area contributed by atoms with E-state index in [1.54, 1.807) is 0 Å². The Bertz CT molecular complexity index is 614. The zero-order chi connectivity index (χ0) is 15.2. The van der Waals surface area contributed by atoms with Crippen LogP contribution in [0.1, 0.15) is 37.7 Å². The van der Waals surface area contributed by atoms with Gasteiger partial charge < -0.3 is 15.6 Å². The van der Waals surface area contributed by atoms with Gasteiger partial charge in [0, 0.05) is 36.1 Å². The standard InChI is InChI=1S/C18H25N3O/c22-18(21-15-5-1-2-6-15)10-12-19-11-9-14-13-20-17-8-4-3-7-16(14)17/h3-4,7-8,13,15,19-20H,1-2,5-6,9-12H2,(H,21,22). The van der Waals surface area contributed by atoms with Crippen LogP contribution in [0.15, 0.2) is 30.5 Å². The Kier molecular flexibility index (Phi) is 5.11. The summed E-state index contributed by atoms with van der Waals surface area (Å²) in [6, 6.07) is 8.79. The maximum Gasteiger partial charge on any atom is 0.221 e. The van der Waals surface area contributed by atoms with Gasteiger partial charge in [-0.05, 0) is 37.4 Å². The van der Waals surface area contributed by atoms with Crippen LogP contribution >= 0.6 is 0 Å². The second kappa shape index (κ2) is 7.45. The number of nitrogens with one attached hydrogen (secondary N) is 3. The molecule has 22 heavy (non-hydrogen) atoms. The topological polar surface area (TPSA) is 56.9 Å². The number of carbonyl (C=O) groups is 1. The first-order chi connectivity index (χ1) is 10.8. The average molecular weight is 299 g/mol. The van der Waals surface area contributed by atoms with Crippen molar-refractivity contribution in [2.24, 2.45) is 0 Å². The summed E-state index contributed by atoms with van der Waals surface area (Å²) >= 11 is 0. The molecule has 1 amide bonds. The first-order valence-corrected chi connectivity index (χ1v) is 8.38. The summed E-state index contributed by atoms with van der Waals surface area (Å²) < 4.78 is 0. The molecule has 3 N–H and O–H groups in total. The highest BCUT2D eigenvalue weighted by molar-refractivity contribution is 5.83. The summed E-state index contributed by atoms with van der Waals surface area (Å²) in [5, 5.41) is 7.79. The highest BCUT2D eigenvalue weighted by atomic mass is 16.1. The molecule has 3 rings (SSSR count). The first-order valence-electron chi connectivity index (χ1n) is 8.38. The number of carbonyl (C=O) groups excluding carboxylic acids is 1. The molecule has 1 fully saturated rings. The van der Waals surface area contributed by atoms with Gasteiger partial charge in [-0.2, -0.15) is 0 Å². The van der Waals surface area contributed by atoms with E-state index in [1.807, 2.05) is 6.07 Å². The fourth-order valence-electron chi connectivity index (χ4n) is 3.26. The van der Waals surface area contributed by atoms with E-state index in [0.29, 0.717) is 12.5 Å². The number of para-hydroxylation sites is 1. The number of aromatic nitrogens is 1. The molecular weight excluding hydrogens is 274 g/mol. The summed E-state index contributed by atoms with van der Waals surface area (Å²) in [6.07, 6.45) is 8.46. The number of hydrogen-bond acceptors (Lipinski definition) is 2. The van der Waals surface area contributed by atoms with Crippen molar-refractivity contribution in [3.05, 3.63) is 36.0 Å². The van der Waals surface area contributed by atoms with Crippen LogP contribution in [0.2, 0.25) is 0 Å². The van der Waals surface area contributed by atoms with Crippen LogP contribution < -0.4 is 10.6 Å². The molecule has 118 valence electrons. The molecule has 0 atom stereocenters. The van der Waals surface area contributed by atoms with E-state index < -0.39 is 0 Å². The maximum atomic E-state index is 11.8. The summed E-state index contributed by atoms with van der Waals surface area (Å²) in [7, 11) is 0. The van der Waals surface area contributed by atoms with E-state index >= 15 is 0 Å². The quantitative estimate of drug-likeness (QED) is 0.689. The number of fused-ring (bicyclic) bond motifs is 1. The van der Waals surface area contributed by atoms with Crippen LogP contribution in [-0.4, -0.2) is 30.0 Å². The fraction of sp³-hybridized carbons (Fsp3) is 0.500. The summed E-state index contributed by atoms with van der Waals surface area (Å²) in [5.74, 6) is 0.187. The number of H-pyrrole nitrogens is 1. The SMILES string of the molecule is O=C(CCNCCc1c[nH]c2ccccc12)NC1CCCC1. The van der Waals surface area contributed by atoms with E-state index in [1.165, 1.54) is 29.3 Å². The minimum Gasteiger partial charge on any atom is -0.361 e. The molecule has 0 unspecified atom stereocenters. The van der Waals surface area contributed by atoms with Crippen molar-refractivity contribution in [2.75, 3.05) is 13.1 Å². The molecule has 4 nitrogen and oxygen atoms in total. The van der Waals surface area contributed by atoms with Gasteiger partial charge in [-0.25, -0.2) is 0 Å². The number of aromatic amines is 1. The molecule has 1 aliphatic rings. The minimum atomic E-state index is 0.187. The van der Waals surface area contributed by atoms with E-state index in [0.717, 1.165) is 32.4 Å². The maximum absolute atomic E-state index is 11.8. The monoisotopic (exact) mass is 299 g/mol. The highest BCUT2D eigenvalue weighted by Gasteiger charge is 2.16.